The number of aromatic nitrogens is 3. The molecule has 0 amide bonds. The van der Waals surface area contributed by atoms with Crippen LogP contribution < -0.4 is 10.3 Å². The second-order valence-electron chi connectivity index (χ2n) is 8.70. The fourth-order valence-electron chi connectivity index (χ4n) is 4.54. The molecule has 3 aromatic carbocycles. The zero-order valence-corrected chi connectivity index (χ0v) is 22.2. The number of rotatable bonds is 5. The number of thiazole rings is 2. The number of hydrogen-bond donors (Lipinski definition) is 1. The van der Waals surface area contributed by atoms with Crippen LogP contribution in [0.4, 0.5) is 0 Å². The molecule has 7 heteroatoms. The van der Waals surface area contributed by atoms with Crippen LogP contribution in [0.3, 0.4) is 0 Å². The van der Waals surface area contributed by atoms with Crippen molar-refractivity contribution in [3.05, 3.63) is 99.0 Å². The van der Waals surface area contributed by atoms with Crippen LogP contribution in [-0.2, 0) is 0 Å². The molecule has 0 aliphatic rings. The van der Waals surface area contributed by atoms with Crippen molar-refractivity contribution >= 4 is 33.6 Å². The zero-order valence-electron chi connectivity index (χ0n) is 20.5. The molecule has 0 aliphatic heterocycles. The molecule has 0 saturated carbocycles. The summed E-state index contributed by atoms with van der Waals surface area (Å²) in [5.74, 6) is 0.679. The van der Waals surface area contributed by atoms with E-state index in [0.29, 0.717) is 22.5 Å². The molecule has 0 bridgehead atoms. The molecule has 37 heavy (non-hydrogen) atoms. The number of nitrogens with zero attached hydrogens (tertiary/aromatic N) is 2. The van der Waals surface area contributed by atoms with Gasteiger partial charge < -0.3 is 9.72 Å². The fraction of sp³-hybridized carbons (Fsp3) is 0.100. The van der Waals surface area contributed by atoms with Crippen LogP contribution >= 0.6 is 22.7 Å². The van der Waals surface area contributed by atoms with E-state index in [2.05, 4.69) is 24.0 Å². The number of ether oxygens (including phenoxy) is 1. The van der Waals surface area contributed by atoms with Gasteiger partial charge in [-0.2, -0.15) is 0 Å². The largest absolute Gasteiger partial charge is 0.497 e. The maximum Gasteiger partial charge on any atom is 0.258 e. The van der Waals surface area contributed by atoms with E-state index in [-0.39, 0.29) is 5.56 Å². The van der Waals surface area contributed by atoms with Gasteiger partial charge in [-0.15, -0.1) is 22.7 Å². The van der Waals surface area contributed by atoms with Crippen molar-refractivity contribution in [3.8, 4) is 49.4 Å². The minimum atomic E-state index is -0.197. The number of benzene rings is 3. The van der Waals surface area contributed by atoms with E-state index in [0.717, 1.165) is 47.5 Å². The second kappa shape index (κ2) is 9.42. The number of aryl methyl sites for hydroxylation is 2. The predicted octanol–water partition coefficient (Wildman–Crippen LogP) is 7.73. The molecular weight excluding hydrogens is 498 g/mol. The van der Waals surface area contributed by atoms with Crippen LogP contribution in [0.25, 0.3) is 54.6 Å². The van der Waals surface area contributed by atoms with E-state index in [1.165, 1.54) is 0 Å². The monoisotopic (exact) mass is 521 g/mol. The highest BCUT2D eigenvalue weighted by Crippen LogP contribution is 2.42. The lowest BCUT2D eigenvalue weighted by Gasteiger charge is -2.12. The summed E-state index contributed by atoms with van der Waals surface area (Å²) in [5, 5.41) is 2.70. The summed E-state index contributed by atoms with van der Waals surface area (Å²) >= 11 is 3.22. The molecule has 0 radical (unpaired) electrons. The average molecular weight is 522 g/mol. The maximum atomic E-state index is 13.8. The van der Waals surface area contributed by atoms with E-state index in [1.54, 1.807) is 29.8 Å². The SMILES string of the molecule is COc1ccc2c(-c3nc(-c4ccccc4)sc3C)c(-c3nc(-c4ccccc4)sc3C)c(=O)[nH]c2c1. The molecule has 3 aromatic heterocycles. The Morgan fingerprint density at radius 1 is 0.730 bits per heavy atom. The van der Waals surface area contributed by atoms with E-state index in [4.69, 9.17) is 14.7 Å². The molecule has 3 heterocycles. The fourth-order valence-corrected chi connectivity index (χ4v) is 6.39. The van der Waals surface area contributed by atoms with Gasteiger partial charge in [0.2, 0.25) is 0 Å². The van der Waals surface area contributed by atoms with Gasteiger partial charge in [0.05, 0.1) is 29.6 Å². The second-order valence-corrected chi connectivity index (χ2v) is 11.1. The normalized spacial score (nSPS) is 11.2. The van der Waals surface area contributed by atoms with E-state index >= 15 is 0 Å². The Labute approximate surface area is 222 Å². The van der Waals surface area contributed by atoms with Crippen molar-refractivity contribution in [2.45, 2.75) is 13.8 Å². The standard InChI is InChI=1S/C30H23N3O2S2/c1-17-26(32-29(36-17)19-10-6-4-7-11-19)24-22-15-14-21(35-3)16-23(22)31-28(34)25(24)27-18(2)37-30(33-27)20-12-8-5-9-13-20/h4-16H,1-3H3,(H,31,34). The van der Waals surface area contributed by atoms with E-state index < -0.39 is 0 Å². The Morgan fingerprint density at radius 3 is 1.81 bits per heavy atom. The first kappa shape index (κ1) is 23.3. The molecule has 0 spiro atoms. The molecule has 6 aromatic rings. The molecular formula is C30H23N3O2S2. The zero-order chi connectivity index (χ0) is 25.5. The highest BCUT2D eigenvalue weighted by atomic mass is 32.1. The summed E-state index contributed by atoms with van der Waals surface area (Å²) in [7, 11) is 1.62. The summed E-state index contributed by atoms with van der Waals surface area (Å²) in [5.41, 5.74) is 5.41. The van der Waals surface area contributed by atoms with Crippen LogP contribution in [0.15, 0.2) is 83.7 Å². The van der Waals surface area contributed by atoms with Gasteiger partial charge in [-0.3, -0.25) is 4.79 Å². The van der Waals surface area contributed by atoms with Crippen LogP contribution in [0, 0.1) is 13.8 Å². The van der Waals surface area contributed by atoms with Crippen LogP contribution in [-0.4, -0.2) is 22.1 Å². The number of hydrogen-bond acceptors (Lipinski definition) is 6. The lowest BCUT2D eigenvalue weighted by molar-refractivity contribution is 0.415. The van der Waals surface area contributed by atoms with E-state index in [9.17, 15) is 4.79 Å². The minimum Gasteiger partial charge on any atom is -0.497 e. The van der Waals surface area contributed by atoms with Gasteiger partial charge in [-0.1, -0.05) is 60.7 Å². The highest BCUT2D eigenvalue weighted by Gasteiger charge is 2.25. The van der Waals surface area contributed by atoms with Crippen molar-refractivity contribution in [2.75, 3.05) is 7.11 Å². The predicted molar refractivity (Wildman–Crippen MR) is 154 cm³/mol. The number of pyridine rings is 1. The number of methoxy groups -OCH3 is 1. The smallest absolute Gasteiger partial charge is 0.258 e. The summed E-state index contributed by atoms with van der Waals surface area (Å²) in [6.45, 7) is 4.08. The first-order chi connectivity index (χ1) is 18.0. The van der Waals surface area contributed by atoms with Crippen molar-refractivity contribution in [3.63, 3.8) is 0 Å². The number of fused-ring (bicyclic) bond motifs is 1. The minimum absolute atomic E-state index is 0.197. The Balaban J connectivity index is 1.65. The van der Waals surface area contributed by atoms with Gasteiger partial charge in [-0.25, -0.2) is 9.97 Å². The Hall–Kier alpha value is -4.07. The van der Waals surface area contributed by atoms with Crippen molar-refractivity contribution in [2.24, 2.45) is 0 Å². The molecule has 182 valence electrons. The topological polar surface area (TPSA) is 67.9 Å². The van der Waals surface area contributed by atoms with Gasteiger partial charge in [0.1, 0.15) is 15.8 Å². The van der Waals surface area contributed by atoms with Gasteiger partial charge >= 0.3 is 0 Å². The molecule has 5 nitrogen and oxygen atoms in total. The van der Waals surface area contributed by atoms with Gasteiger partial charge in [0.15, 0.2) is 0 Å². The Morgan fingerprint density at radius 2 is 1.27 bits per heavy atom. The van der Waals surface area contributed by atoms with Crippen molar-refractivity contribution < 1.29 is 4.74 Å². The van der Waals surface area contributed by atoms with Crippen molar-refractivity contribution in [1.29, 1.82) is 0 Å². The van der Waals surface area contributed by atoms with E-state index in [1.807, 2.05) is 73.7 Å². The first-order valence-electron chi connectivity index (χ1n) is 11.8. The summed E-state index contributed by atoms with van der Waals surface area (Å²) in [6, 6.07) is 25.9. The number of nitrogens with one attached hydrogen (secondary N) is 1. The third kappa shape index (κ3) is 4.16. The molecule has 0 unspecified atom stereocenters. The van der Waals surface area contributed by atoms with Crippen LogP contribution in [0.1, 0.15) is 9.75 Å². The third-order valence-corrected chi connectivity index (χ3v) is 8.37. The molecule has 0 aliphatic carbocycles. The summed E-state index contributed by atoms with van der Waals surface area (Å²) < 4.78 is 5.43. The number of H-pyrrole nitrogens is 1. The lowest BCUT2D eigenvalue weighted by Crippen LogP contribution is -2.12. The summed E-state index contributed by atoms with van der Waals surface area (Å²) in [6.07, 6.45) is 0. The quantitative estimate of drug-likeness (QED) is 0.252. The van der Waals surface area contributed by atoms with Gasteiger partial charge in [0, 0.05) is 37.9 Å². The third-order valence-electron chi connectivity index (χ3n) is 6.33. The summed E-state index contributed by atoms with van der Waals surface area (Å²) in [4.78, 5) is 28.9. The van der Waals surface area contributed by atoms with Gasteiger partial charge in [-0.05, 0) is 26.0 Å². The van der Waals surface area contributed by atoms with Crippen LogP contribution in [0.5, 0.6) is 5.75 Å². The number of aromatic amines is 1. The average Bonchev–Trinajstić information content (AvgIpc) is 3.50. The molecule has 6 rings (SSSR count). The highest BCUT2D eigenvalue weighted by molar-refractivity contribution is 7.15. The maximum absolute atomic E-state index is 13.8. The van der Waals surface area contributed by atoms with Crippen LogP contribution in [0.2, 0.25) is 0 Å². The molecule has 1 N–H and O–H groups in total. The molecule has 0 saturated heterocycles. The Bertz CT molecular complexity index is 1800. The van der Waals surface area contributed by atoms with Crippen molar-refractivity contribution in [1.82, 2.24) is 15.0 Å². The first-order valence-corrected chi connectivity index (χ1v) is 13.5. The lowest BCUT2D eigenvalue weighted by atomic mass is 9.97. The Kier molecular flexibility index (Phi) is 5.94. The molecule has 0 fully saturated rings. The molecule has 0 atom stereocenters. The van der Waals surface area contributed by atoms with Gasteiger partial charge in [0.25, 0.3) is 5.56 Å².